The van der Waals surface area contributed by atoms with Gasteiger partial charge in [0, 0.05) is 12.8 Å². The second-order valence-electron chi connectivity index (χ2n) is 5.83. The van der Waals surface area contributed by atoms with Gasteiger partial charge in [-0.1, -0.05) is 18.9 Å². The van der Waals surface area contributed by atoms with Crippen LogP contribution in [0.3, 0.4) is 0 Å². The molecule has 3 N–H and O–H groups in total. The van der Waals surface area contributed by atoms with Crippen molar-refractivity contribution in [1.29, 1.82) is 5.26 Å². The largest absolute Gasteiger partial charge is 0.372 e. The van der Waals surface area contributed by atoms with Crippen LogP contribution in [0.25, 0.3) is 11.0 Å². The third-order valence-corrected chi connectivity index (χ3v) is 4.90. The highest BCUT2D eigenvalue weighted by Crippen LogP contribution is 2.32. The lowest BCUT2D eigenvalue weighted by Crippen LogP contribution is -2.04. The van der Waals surface area contributed by atoms with E-state index in [-0.39, 0.29) is 22.6 Å². The molecule has 0 saturated carbocycles. The number of nitrogens with one attached hydrogen (secondary N) is 3. The Hall–Kier alpha value is -3.12. The van der Waals surface area contributed by atoms with Crippen LogP contribution in [0.15, 0.2) is 30.5 Å². The molecule has 0 radical (unpaired) electrons. The van der Waals surface area contributed by atoms with E-state index in [0.717, 1.165) is 12.2 Å². The third-order valence-electron chi connectivity index (χ3n) is 3.92. The fraction of sp³-hybridized carbons (Fsp3) is 0.211. The Morgan fingerprint density at radius 1 is 1.18 bits per heavy atom. The molecular formula is C19H18F2N6S. The van der Waals surface area contributed by atoms with Gasteiger partial charge in [-0.25, -0.2) is 13.8 Å². The molecule has 0 aliphatic heterocycles. The van der Waals surface area contributed by atoms with Gasteiger partial charge >= 0.3 is 0 Å². The summed E-state index contributed by atoms with van der Waals surface area (Å²) in [5, 5.41) is 15.2. The van der Waals surface area contributed by atoms with Crippen LogP contribution < -0.4 is 15.4 Å². The van der Waals surface area contributed by atoms with Gasteiger partial charge in [-0.2, -0.15) is 5.26 Å². The molecule has 3 aromatic rings. The molecule has 0 bridgehead atoms. The topological polar surface area (TPSA) is 85.7 Å². The van der Waals surface area contributed by atoms with Crippen molar-refractivity contribution in [3.8, 4) is 6.07 Å². The summed E-state index contributed by atoms with van der Waals surface area (Å²) >= 11 is 1.34. The van der Waals surface area contributed by atoms with Gasteiger partial charge in [-0.15, -0.1) is 0 Å². The zero-order valence-corrected chi connectivity index (χ0v) is 16.1. The second kappa shape index (κ2) is 8.71. The van der Waals surface area contributed by atoms with Gasteiger partial charge in [0.1, 0.15) is 34.5 Å². The molecule has 0 spiro atoms. The van der Waals surface area contributed by atoms with Gasteiger partial charge in [0.25, 0.3) is 0 Å². The van der Waals surface area contributed by atoms with Crippen molar-refractivity contribution < 1.29 is 8.78 Å². The summed E-state index contributed by atoms with van der Waals surface area (Å²) in [5.74, 6) is -0.252. The molecule has 1 heterocycles. The minimum absolute atomic E-state index is 0.152. The maximum atomic E-state index is 14.8. The lowest BCUT2D eigenvalue weighted by atomic mass is 10.1. The summed E-state index contributed by atoms with van der Waals surface area (Å²) in [6, 6.07) is 7.76. The predicted molar refractivity (Wildman–Crippen MR) is 110 cm³/mol. The first-order valence-corrected chi connectivity index (χ1v) is 9.58. The van der Waals surface area contributed by atoms with Crippen molar-refractivity contribution in [3.05, 3.63) is 47.7 Å². The average Bonchev–Trinajstić information content (AvgIpc) is 2.72. The highest BCUT2D eigenvalue weighted by Gasteiger charge is 2.17. The molecule has 1 aromatic heterocycles. The van der Waals surface area contributed by atoms with Crippen LogP contribution in [-0.4, -0.2) is 22.8 Å². The van der Waals surface area contributed by atoms with Gasteiger partial charge in [0.15, 0.2) is 5.82 Å². The molecule has 0 atom stereocenters. The maximum Gasteiger partial charge on any atom is 0.173 e. The van der Waals surface area contributed by atoms with Crippen LogP contribution in [0, 0.1) is 23.0 Å². The van der Waals surface area contributed by atoms with E-state index in [1.807, 2.05) is 13.0 Å². The van der Waals surface area contributed by atoms with E-state index in [9.17, 15) is 14.0 Å². The minimum atomic E-state index is -0.761. The van der Waals surface area contributed by atoms with Crippen LogP contribution in [0.5, 0.6) is 0 Å². The molecule has 2 aromatic carbocycles. The van der Waals surface area contributed by atoms with E-state index in [0.29, 0.717) is 16.9 Å². The minimum Gasteiger partial charge on any atom is -0.372 e. The van der Waals surface area contributed by atoms with Crippen molar-refractivity contribution in [2.45, 2.75) is 13.3 Å². The summed E-state index contributed by atoms with van der Waals surface area (Å²) in [6.45, 7) is 2.01. The number of nitrogens with zero attached hydrogens (tertiary/aromatic N) is 3. The zero-order valence-electron chi connectivity index (χ0n) is 15.3. The SMILES string of the molecule is CCCSNc1ccc(F)c(Nc2ccc3ncc(NC)nc3c2C#N)c1F. The summed E-state index contributed by atoms with van der Waals surface area (Å²) in [7, 11) is 1.68. The van der Waals surface area contributed by atoms with Crippen LogP contribution >= 0.6 is 11.9 Å². The van der Waals surface area contributed by atoms with Crippen LogP contribution in [0.4, 0.5) is 31.7 Å². The van der Waals surface area contributed by atoms with Crippen LogP contribution in [0.2, 0.25) is 0 Å². The van der Waals surface area contributed by atoms with Gasteiger partial charge < -0.3 is 15.4 Å². The fourth-order valence-electron chi connectivity index (χ4n) is 2.53. The van der Waals surface area contributed by atoms with Crippen LogP contribution in [0.1, 0.15) is 18.9 Å². The Kier molecular flexibility index (Phi) is 6.11. The van der Waals surface area contributed by atoms with Gasteiger partial charge in [0.2, 0.25) is 0 Å². The van der Waals surface area contributed by atoms with Crippen molar-refractivity contribution in [2.24, 2.45) is 0 Å². The Morgan fingerprint density at radius 3 is 2.68 bits per heavy atom. The van der Waals surface area contributed by atoms with Gasteiger partial charge in [-0.3, -0.25) is 4.98 Å². The first-order chi connectivity index (χ1) is 13.6. The Labute approximate surface area is 165 Å². The number of benzene rings is 2. The van der Waals surface area contributed by atoms with Crippen molar-refractivity contribution >= 4 is 45.9 Å². The van der Waals surface area contributed by atoms with Gasteiger partial charge in [-0.05, 0) is 30.7 Å². The number of aromatic nitrogens is 2. The van der Waals surface area contributed by atoms with Gasteiger partial charge in [0.05, 0.1) is 23.1 Å². The van der Waals surface area contributed by atoms with Crippen molar-refractivity contribution in [3.63, 3.8) is 0 Å². The van der Waals surface area contributed by atoms with E-state index in [1.165, 1.54) is 24.1 Å². The molecule has 0 fully saturated rings. The monoisotopic (exact) mass is 400 g/mol. The lowest BCUT2D eigenvalue weighted by Gasteiger charge is -2.14. The quantitative estimate of drug-likeness (QED) is 0.379. The number of fused-ring (bicyclic) bond motifs is 1. The molecular weight excluding hydrogens is 382 g/mol. The number of rotatable bonds is 7. The Morgan fingerprint density at radius 2 is 1.96 bits per heavy atom. The molecule has 144 valence electrons. The Bertz CT molecular complexity index is 1050. The average molecular weight is 400 g/mol. The lowest BCUT2D eigenvalue weighted by molar-refractivity contribution is 0.594. The third kappa shape index (κ3) is 3.92. The molecule has 0 unspecified atom stereocenters. The van der Waals surface area contributed by atoms with E-state index in [4.69, 9.17) is 0 Å². The summed E-state index contributed by atoms with van der Waals surface area (Å²) in [6.07, 6.45) is 2.46. The smallest absolute Gasteiger partial charge is 0.173 e. The molecule has 28 heavy (non-hydrogen) atoms. The first-order valence-electron chi connectivity index (χ1n) is 8.59. The summed E-state index contributed by atoms with van der Waals surface area (Å²) < 4.78 is 32.0. The molecule has 3 rings (SSSR count). The van der Waals surface area contributed by atoms with E-state index in [2.05, 4.69) is 25.3 Å². The maximum absolute atomic E-state index is 14.8. The first kappa shape index (κ1) is 19.6. The van der Waals surface area contributed by atoms with Crippen molar-refractivity contribution in [2.75, 3.05) is 28.2 Å². The summed E-state index contributed by atoms with van der Waals surface area (Å²) in [5.41, 5.74) is 1.07. The number of nitriles is 1. The highest BCUT2D eigenvalue weighted by molar-refractivity contribution is 8.00. The standard InChI is InChI=1S/C19H18F2N6S/c1-3-8-28-27-14-5-4-12(20)19(17(14)21)25-13-6-7-15-18(11(13)9-22)26-16(23-2)10-24-15/h4-7,10,25,27H,3,8H2,1-2H3,(H,23,26). The molecule has 0 saturated heterocycles. The summed E-state index contributed by atoms with van der Waals surface area (Å²) in [4.78, 5) is 8.57. The van der Waals surface area contributed by atoms with Crippen molar-refractivity contribution in [1.82, 2.24) is 9.97 Å². The van der Waals surface area contributed by atoms with Crippen LogP contribution in [-0.2, 0) is 0 Å². The number of hydrogen-bond acceptors (Lipinski definition) is 7. The molecule has 9 heteroatoms. The molecule has 0 amide bonds. The molecule has 6 nitrogen and oxygen atoms in total. The number of hydrogen-bond donors (Lipinski definition) is 3. The van der Waals surface area contributed by atoms with E-state index in [1.54, 1.807) is 25.4 Å². The fourth-order valence-corrected chi connectivity index (χ4v) is 3.15. The highest BCUT2D eigenvalue weighted by atomic mass is 32.2. The Balaban J connectivity index is 2.03. The van der Waals surface area contributed by atoms with E-state index >= 15 is 0 Å². The molecule has 0 aliphatic carbocycles. The second-order valence-corrected chi connectivity index (χ2v) is 6.73. The zero-order chi connectivity index (χ0) is 20.1. The number of halogens is 2. The number of anilines is 4. The van der Waals surface area contributed by atoms with E-state index < -0.39 is 11.6 Å². The predicted octanol–water partition coefficient (Wildman–Crippen LogP) is 5.04. The molecule has 0 aliphatic rings. The normalized spacial score (nSPS) is 10.5.